The van der Waals surface area contributed by atoms with Gasteiger partial charge in [-0.2, -0.15) is 0 Å². The first kappa shape index (κ1) is 21.3. The molecule has 0 fully saturated rings. The number of ether oxygens (including phenoxy) is 1. The van der Waals surface area contributed by atoms with E-state index >= 15 is 0 Å². The van der Waals surface area contributed by atoms with Gasteiger partial charge in [-0.3, -0.25) is 9.59 Å². The van der Waals surface area contributed by atoms with Crippen LogP contribution in [0.4, 0.5) is 10.1 Å². The van der Waals surface area contributed by atoms with E-state index < -0.39 is 11.2 Å². The van der Waals surface area contributed by atoms with Crippen molar-refractivity contribution in [2.45, 2.75) is 30.0 Å². The van der Waals surface area contributed by atoms with Crippen molar-refractivity contribution in [3.05, 3.63) is 59.9 Å². The van der Waals surface area contributed by atoms with E-state index in [0.29, 0.717) is 25.1 Å². The summed E-state index contributed by atoms with van der Waals surface area (Å²) in [7, 11) is 1.61. The molecule has 3 rings (SSSR count). The number of fused-ring (bicyclic) bond motifs is 1. The molecule has 0 radical (unpaired) electrons. The van der Waals surface area contributed by atoms with E-state index in [-0.39, 0.29) is 24.2 Å². The van der Waals surface area contributed by atoms with Crippen LogP contribution in [0, 0.1) is 11.7 Å². The Kier molecular flexibility index (Phi) is 7.28. The molecule has 0 saturated heterocycles. The van der Waals surface area contributed by atoms with Crippen LogP contribution in [0.15, 0.2) is 53.4 Å². The zero-order chi connectivity index (χ0) is 20.8. The maximum atomic E-state index is 14.2. The molecule has 0 aromatic heterocycles. The quantitative estimate of drug-likeness (QED) is 0.668. The van der Waals surface area contributed by atoms with E-state index in [9.17, 15) is 14.0 Å². The van der Waals surface area contributed by atoms with Gasteiger partial charge in [0.25, 0.3) is 0 Å². The average Bonchev–Trinajstić information content (AvgIpc) is 2.73. The maximum Gasteiger partial charge on any atom is 0.241 e. The Labute approximate surface area is 174 Å². The number of thioether (sulfide) groups is 1. The predicted molar refractivity (Wildman–Crippen MR) is 112 cm³/mol. The summed E-state index contributed by atoms with van der Waals surface area (Å²) in [4.78, 5) is 28.4. The Morgan fingerprint density at radius 2 is 1.97 bits per heavy atom. The van der Waals surface area contributed by atoms with Crippen LogP contribution in [-0.2, 0) is 20.9 Å². The molecule has 1 heterocycles. The first-order valence-corrected chi connectivity index (χ1v) is 10.5. The van der Waals surface area contributed by atoms with Crippen molar-refractivity contribution < 1.29 is 18.7 Å². The van der Waals surface area contributed by atoms with Crippen LogP contribution in [0.3, 0.4) is 0 Å². The molecule has 5 nitrogen and oxygen atoms in total. The number of hydrogen-bond donors (Lipinski definition) is 1. The third-order valence-electron chi connectivity index (χ3n) is 4.90. The lowest BCUT2D eigenvalue weighted by Gasteiger charge is -2.35. The van der Waals surface area contributed by atoms with Crippen LogP contribution >= 0.6 is 11.8 Å². The van der Waals surface area contributed by atoms with Crippen LogP contribution in [-0.4, -0.2) is 37.3 Å². The first-order chi connectivity index (χ1) is 14.0. The van der Waals surface area contributed by atoms with Gasteiger partial charge in [0, 0.05) is 30.7 Å². The molecule has 0 bridgehead atoms. The Bertz CT molecular complexity index is 877. The van der Waals surface area contributed by atoms with Crippen LogP contribution in [0.1, 0.15) is 18.9 Å². The van der Waals surface area contributed by atoms with Gasteiger partial charge in [0.05, 0.1) is 18.2 Å². The van der Waals surface area contributed by atoms with Crippen molar-refractivity contribution in [3.63, 3.8) is 0 Å². The standard InChI is InChI=1S/C22H25FN2O3S/c1-15(21(26)24-12-7-13-28-2)20-22(27)25(14-16-8-3-4-9-17(16)23)18-10-5-6-11-19(18)29-20/h3-6,8-11,15,20H,7,12-14H2,1-2H3,(H,24,26). The van der Waals surface area contributed by atoms with Crippen molar-refractivity contribution in [1.29, 1.82) is 0 Å². The van der Waals surface area contributed by atoms with Crippen LogP contribution in [0.25, 0.3) is 0 Å². The third kappa shape index (κ3) is 4.97. The summed E-state index contributed by atoms with van der Waals surface area (Å²) in [6.45, 7) is 2.95. The summed E-state index contributed by atoms with van der Waals surface area (Å²) in [5.41, 5.74) is 1.19. The molecule has 2 unspecified atom stereocenters. The molecular weight excluding hydrogens is 391 g/mol. The van der Waals surface area contributed by atoms with Gasteiger partial charge in [0.2, 0.25) is 11.8 Å². The van der Waals surface area contributed by atoms with Gasteiger partial charge in [0.15, 0.2) is 0 Å². The highest BCUT2D eigenvalue weighted by Crippen LogP contribution is 2.42. The fraction of sp³-hybridized carbons (Fsp3) is 0.364. The largest absolute Gasteiger partial charge is 0.385 e. The van der Waals surface area contributed by atoms with E-state index in [1.54, 1.807) is 37.1 Å². The number of nitrogens with one attached hydrogen (secondary N) is 1. The molecule has 2 aromatic rings. The Morgan fingerprint density at radius 1 is 1.24 bits per heavy atom. The predicted octanol–water partition coefficient (Wildman–Crippen LogP) is 3.62. The normalized spacial score (nSPS) is 17.0. The van der Waals surface area contributed by atoms with Crippen molar-refractivity contribution in [2.75, 3.05) is 25.2 Å². The summed E-state index contributed by atoms with van der Waals surface area (Å²) in [5.74, 6) is -1.23. The Morgan fingerprint density at radius 3 is 2.72 bits per heavy atom. The molecule has 2 atom stereocenters. The summed E-state index contributed by atoms with van der Waals surface area (Å²) in [5, 5.41) is 2.30. The minimum atomic E-state index is -0.570. The van der Waals surface area contributed by atoms with Crippen molar-refractivity contribution >= 4 is 29.3 Å². The molecule has 29 heavy (non-hydrogen) atoms. The molecule has 154 valence electrons. The highest BCUT2D eigenvalue weighted by Gasteiger charge is 2.39. The number of carbonyl (C=O) groups is 2. The van der Waals surface area contributed by atoms with Gasteiger partial charge < -0.3 is 15.0 Å². The summed E-state index contributed by atoms with van der Waals surface area (Å²) in [6, 6.07) is 14.0. The van der Waals surface area contributed by atoms with Gasteiger partial charge in [-0.15, -0.1) is 11.8 Å². The second-order valence-corrected chi connectivity index (χ2v) is 8.13. The molecule has 1 N–H and O–H groups in total. The van der Waals surface area contributed by atoms with E-state index in [1.165, 1.54) is 17.8 Å². The average molecular weight is 417 g/mol. The Hall–Kier alpha value is -2.38. The van der Waals surface area contributed by atoms with Gasteiger partial charge in [-0.1, -0.05) is 37.3 Å². The number of rotatable bonds is 8. The van der Waals surface area contributed by atoms with Crippen LogP contribution in [0.2, 0.25) is 0 Å². The smallest absolute Gasteiger partial charge is 0.241 e. The zero-order valence-electron chi connectivity index (χ0n) is 16.6. The molecule has 1 aliphatic heterocycles. The van der Waals surface area contributed by atoms with E-state index in [1.807, 2.05) is 24.3 Å². The number of amides is 2. The number of anilines is 1. The van der Waals surface area contributed by atoms with Crippen molar-refractivity contribution in [2.24, 2.45) is 5.92 Å². The molecule has 0 saturated carbocycles. The zero-order valence-corrected chi connectivity index (χ0v) is 17.4. The summed E-state index contributed by atoms with van der Waals surface area (Å²) < 4.78 is 19.2. The molecule has 7 heteroatoms. The molecule has 2 aromatic carbocycles. The van der Waals surface area contributed by atoms with E-state index in [4.69, 9.17) is 4.74 Å². The lowest BCUT2D eigenvalue weighted by Crippen LogP contribution is -2.47. The van der Waals surface area contributed by atoms with Crippen LogP contribution < -0.4 is 10.2 Å². The number of methoxy groups -OCH3 is 1. The van der Waals surface area contributed by atoms with Crippen molar-refractivity contribution in [1.82, 2.24) is 5.32 Å². The minimum absolute atomic E-state index is 0.127. The number of para-hydroxylation sites is 1. The van der Waals surface area contributed by atoms with Crippen LogP contribution in [0.5, 0.6) is 0 Å². The third-order valence-corrected chi connectivity index (χ3v) is 6.36. The number of carbonyl (C=O) groups excluding carboxylic acids is 2. The number of benzene rings is 2. The molecule has 1 aliphatic rings. The molecular formula is C22H25FN2O3S. The summed E-state index contributed by atoms with van der Waals surface area (Å²) in [6.07, 6.45) is 0.711. The second kappa shape index (κ2) is 9.89. The van der Waals surface area contributed by atoms with Gasteiger partial charge in [0.1, 0.15) is 11.1 Å². The minimum Gasteiger partial charge on any atom is -0.385 e. The number of hydrogen-bond acceptors (Lipinski definition) is 4. The number of nitrogens with zero attached hydrogens (tertiary/aromatic N) is 1. The first-order valence-electron chi connectivity index (χ1n) is 9.60. The monoisotopic (exact) mass is 416 g/mol. The van der Waals surface area contributed by atoms with Gasteiger partial charge in [-0.05, 0) is 24.6 Å². The fourth-order valence-corrected chi connectivity index (χ4v) is 4.53. The lowest BCUT2D eigenvalue weighted by atomic mass is 10.0. The fourth-order valence-electron chi connectivity index (χ4n) is 3.24. The van der Waals surface area contributed by atoms with E-state index in [0.717, 1.165) is 10.6 Å². The lowest BCUT2D eigenvalue weighted by molar-refractivity contribution is -0.128. The molecule has 2 amide bonds. The highest BCUT2D eigenvalue weighted by atomic mass is 32.2. The second-order valence-electron chi connectivity index (χ2n) is 6.95. The molecule has 0 aliphatic carbocycles. The topological polar surface area (TPSA) is 58.6 Å². The maximum absolute atomic E-state index is 14.2. The Balaban J connectivity index is 1.81. The highest BCUT2D eigenvalue weighted by molar-refractivity contribution is 8.01. The summed E-state index contributed by atoms with van der Waals surface area (Å²) >= 11 is 1.39. The molecule has 0 spiro atoms. The van der Waals surface area contributed by atoms with Gasteiger partial charge in [-0.25, -0.2) is 4.39 Å². The number of halogens is 1. The van der Waals surface area contributed by atoms with E-state index in [2.05, 4.69) is 5.32 Å². The SMILES string of the molecule is COCCCNC(=O)C(C)C1Sc2ccccc2N(Cc2ccccc2F)C1=O. The van der Waals surface area contributed by atoms with Gasteiger partial charge >= 0.3 is 0 Å². The van der Waals surface area contributed by atoms with Crippen molar-refractivity contribution in [3.8, 4) is 0 Å².